The minimum Gasteiger partial charge on any atom is -0.342 e. The van der Waals surface area contributed by atoms with Crippen molar-refractivity contribution < 1.29 is 4.79 Å². The van der Waals surface area contributed by atoms with Gasteiger partial charge in [-0.15, -0.1) is 0 Å². The summed E-state index contributed by atoms with van der Waals surface area (Å²) < 4.78 is 1.91. The zero-order valence-electron chi connectivity index (χ0n) is 17.0. The molecule has 1 fully saturated rings. The third-order valence-corrected chi connectivity index (χ3v) is 6.62. The summed E-state index contributed by atoms with van der Waals surface area (Å²) >= 11 is 0. The van der Waals surface area contributed by atoms with E-state index in [2.05, 4.69) is 24.3 Å². The molecule has 2 aromatic carbocycles. The molecule has 1 aromatic heterocycles. The minimum absolute atomic E-state index is 0.0524. The van der Waals surface area contributed by atoms with E-state index in [9.17, 15) is 9.59 Å². The SMILES string of the molecule is O=C(CC(c1ccccc1)c1ccccc1)N1C[C@@H]2C[C@H](C1)c1cccc(=O)n1C2. The highest BCUT2D eigenvalue weighted by Gasteiger charge is 2.36. The second kappa shape index (κ2) is 7.94. The molecule has 0 aliphatic carbocycles. The number of carbonyl (C=O) groups is 1. The summed E-state index contributed by atoms with van der Waals surface area (Å²) in [7, 11) is 0. The fourth-order valence-electron chi connectivity index (χ4n) is 5.20. The van der Waals surface area contributed by atoms with Crippen LogP contribution in [0.4, 0.5) is 0 Å². The van der Waals surface area contributed by atoms with Crippen LogP contribution >= 0.6 is 0 Å². The van der Waals surface area contributed by atoms with Crippen LogP contribution in [0.3, 0.4) is 0 Å². The van der Waals surface area contributed by atoms with E-state index >= 15 is 0 Å². The van der Waals surface area contributed by atoms with Gasteiger partial charge in [-0.2, -0.15) is 0 Å². The number of carbonyl (C=O) groups excluding carboxylic acids is 1. The van der Waals surface area contributed by atoms with Gasteiger partial charge in [0.1, 0.15) is 0 Å². The van der Waals surface area contributed by atoms with E-state index in [1.165, 1.54) is 11.1 Å². The van der Waals surface area contributed by atoms with Crippen LogP contribution < -0.4 is 5.56 Å². The summed E-state index contributed by atoms with van der Waals surface area (Å²) in [5, 5.41) is 0. The summed E-state index contributed by atoms with van der Waals surface area (Å²) in [6.07, 6.45) is 1.53. The molecular formula is C26H26N2O2. The molecule has 4 heteroatoms. The lowest BCUT2D eigenvalue weighted by molar-refractivity contribution is -0.134. The number of piperidine rings is 1. The predicted molar refractivity (Wildman–Crippen MR) is 117 cm³/mol. The molecule has 0 saturated carbocycles. The number of fused-ring (bicyclic) bond motifs is 4. The van der Waals surface area contributed by atoms with Crippen molar-refractivity contribution in [2.75, 3.05) is 13.1 Å². The van der Waals surface area contributed by atoms with E-state index in [1.54, 1.807) is 6.07 Å². The molecule has 2 atom stereocenters. The average molecular weight is 399 g/mol. The first-order chi connectivity index (χ1) is 14.7. The number of hydrogen-bond donors (Lipinski definition) is 0. The first-order valence-corrected chi connectivity index (χ1v) is 10.8. The van der Waals surface area contributed by atoms with Gasteiger partial charge < -0.3 is 9.47 Å². The number of benzene rings is 2. The van der Waals surface area contributed by atoms with Gasteiger partial charge in [-0.3, -0.25) is 9.59 Å². The number of hydrogen-bond acceptors (Lipinski definition) is 2. The molecule has 3 heterocycles. The van der Waals surface area contributed by atoms with Crippen molar-refractivity contribution in [1.29, 1.82) is 0 Å². The van der Waals surface area contributed by atoms with Crippen molar-refractivity contribution in [3.8, 4) is 0 Å². The van der Waals surface area contributed by atoms with Crippen LogP contribution in [0.25, 0.3) is 0 Å². The quantitative estimate of drug-likeness (QED) is 0.666. The summed E-state index contributed by atoms with van der Waals surface area (Å²) in [4.78, 5) is 27.7. The smallest absolute Gasteiger partial charge is 0.250 e. The molecule has 0 radical (unpaired) electrons. The molecule has 0 spiro atoms. The highest BCUT2D eigenvalue weighted by molar-refractivity contribution is 5.78. The van der Waals surface area contributed by atoms with Gasteiger partial charge >= 0.3 is 0 Å². The summed E-state index contributed by atoms with van der Waals surface area (Å²) in [5.74, 6) is 0.861. The molecule has 152 valence electrons. The lowest BCUT2D eigenvalue weighted by atomic mass is 9.82. The molecule has 0 N–H and O–H groups in total. The van der Waals surface area contributed by atoms with Crippen molar-refractivity contribution >= 4 is 5.91 Å². The highest BCUT2D eigenvalue weighted by Crippen LogP contribution is 2.36. The van der Waals surface area contributed by atoms with Gasteiger partial charge in [0.15, 0.2) is 0 Å². The van der Waals surface area contributed by atoms with Crippen LogP contribution in [0.15, 0.2) is 83.7 Å². The van der Waals surface area contributed by atoms with Crippen molar-refractivity contribution in [1.82, 2.24) is 9.47 Å². The number of rotatable bonds is 4. The fourth-order valence-corrected chi connectivity index (χ4v) is 5.20. The molecular weight excluding hydrogens is 372 g/mol. The molecule has 5 rings (SSSR count). The molecule has 2 aliphatic rings. The van der Waals surface area contributed by atoms with Crippen LogP contribution in [0.5, 0.6) is 0 Å². The van der Waals surface area contributed by atoms with E-state index in [1.807, 2.05) is 58.0 Å². The number of nitrogens with zero attached hydrogens (tertiary/aromatic N) is 2. The largest absolute Gasteiger partial charge is 0.342 e. The molecule has 0 unspecified atom stereocenters. The molecule has 3 aromatic rings. The second-order valence-electron chi connectivity index (χ2n) is 8.57. The Morgan fingerprint density at radius 3 is 2.17 bits per heavy atom. The van der Waals surface area contributed by atoms with Crippen molar-refractivity contribution in [3.05, 3.63) is 106 Å². The average Bonchev–Trinajstić information content (AvgIpc) is 2.79. The first-order valence-electron chi connectivity index (χ1n) is 10.8. The van der Waals surface area contributed by atoms with E-state index in [-0.39, 0.29) is 23.3 Å². The van der Waals surface area contributed by atoms with E-state index in [0.717, 1.165) is 25.2 Å². The Morgan fingerprint density at radius 2 is 1.50 bits per heavy atom. The van der Waals surface area contributed by atoms with Crippen LogP contribution in [0.1, 0.15) is 41.5 Å². The number of aromatic nitrogens is 1. The summed E-state index contributed by atoms with van der Waals surface area (Å²) in [6.45, 7) is 2.16. The maximum Gasteiger partial charge on any atom is 0.250 e. The topological polar surface area (TPSA) is 42.3 Å². The maximum absolute atomic E-state index is 13.4. The van der Waals surface area contributed by atoms with Gasteiger partial charge in [0.05, 0.1) is 0 Å². The van der Waals surface area contributed by atoms with Crippen molar-refractivity contribution in [2.24, 2.45) is 5.92 Å². The predicted octanol–water partition coefficient (Wildman–Crippen LogP) is 4.02. The number of amides is 1. The van der Waals surface area contributed by atoms with Gasteiger partial charge in [-0.05, 0) is 29.5 Å². The standard InChI is InChI=1S/C26H26N2O2/c29-25-13-7-12-24-22-14-19(17-28(24)25)16-27(18-22)26(30)15-23(20-8-3-1-4-9-20)21-10-5-2-6-11-21/h1-13,19,22-23H,14-18H2/t19-,22+/m0/s1. The second-order valence-corrected chi connectivity index (χ2v) is 8.57. The molecule has 30 heavy (non-hydrogen) atoms. The Labute approximate surface area is 176 Å². The highest BCUT2D eigenvalue weighted by atomic mass is 16.2. The lowest BCUT2D eigenvalue weighted by Crippen LogP contribution is -2.49. The van der Waals surface area contributed by atoms with Crippen LogP contribution in [0.2, 0.25) is 0 Å². The Hall–Kier alpha value is -3.14. The van der Waals surface area contributed by atoms with Crippen LogP contribution in [-0.4, -0.2) is 28.5 Å². The van der Waals surface area contributed by atoms with Gasteiger partial charge in [0, 0.05) is 49.7 Å². The number of pyridine rings is 1. The monoisotopic (exact) mass is 398 g/mol. The number of likely N-dealkylation sites (tertiary alicyclic amines) is 1. The van der Waals surface area contributed by atoms with Gasteiger partial charge in [0.25, 0.3) is 5.56 Å². The van der Waals surface area contributed by atoms with Gasteiger partial charge in [0.2, 0.25) is 5.91 Å². The van der Waals surface area contributed by atoms with Gasteiger partial charge in [-0.1, -0.05) is 66.7 Å². The van der Waals surface area contributed by atoms with Crippen molar-refractivity contribution in [2.45, 2.75) is 31.2 Å². The van der Waals surface area contributed by atoms with E-state index in [4.69, 9.17) is 0 Å². The lowest BCUT2D eigenvalue weighted by Gasteiger charge is -2.43. The summed E-state index contributed by atoms with van der Waals surface area (Å²) in [5.41, 5.74) is 3.51. The maximum atomic E-state index is 13.4. The van der Waals surface area contributed by atoms with Crippen LogP contribution in [-0.2, 0) is 11.3 Å². The molecule has 2 aliphatic heterocycles. The Balaban J connectivity index is 1.39. The van der Waals surface area contributed by atoms with Crippen LogP contribution in [0, 0.1) is 5.92 Å². The Kier molecular flexibility index (Phi) is 4.99. The zero-order valence-corrected chi connectivity index (χ0v) is 17.0. The minimum atomic E-state index is 0.0524. The Bertz CT molecular complexity index is 1050. The molecule has 1 amide bonds. The molecule has 2 bridgehead atoms. The van der Waals surface area contributed by atoms with Gasteiger partial charge in [-0.25, -0.2) is 0 Å². The summed E-state index contributed by atoms with van der Waals surface area (Å²) in [6, 6.07) is 26.1. The Morgan fingerprint density at radius 1 is 0.833 bits per heavy atom. The molecule has 1 saturated heterocycles. The molecule has 4 nitrogen and oxygen atoms in total. The zero-order chi connectivity index (χ0) is 20.5. The first kappa shape index (κ1) is 18.9. The fraction of sp³-hybridized carbons (Fsp3) is 0.308. The van der Waals surface area contributed by atoms with Crippen molar-refractivity contribution in [3.63, 3.8) is 0 Å². The third kappa shape index (κ3) is 3.58. The van der Waals surface area contributed by atoms with E-state index in [0.29, 0.717) is 18.9 Å². The normalized spacial score (nSPS) is 20.1. The van der Waals surface area contributed by atoms with E-state index < -0.39 is 0 Å². The third-order valence-electron chi connectivity index (χ3n) is 6.62.